The molecule has 1 aromatic heterocycles. The molecule has 2 heterocycles. The number of halogens is 1. The fraction of sp³-hybridized carbons (Fsp3) is 0.350. The number of nitrogens with zero attached hydrogens (tertiary/aromatic N) is 3. The van der Waals surface area contributed by atoms with Gasteiger partial charge in [-0.3, -0.25) is 0 Å². The first-order chi connectivity index (χ1) is 14.0. The highest BCUT2D eigenvalue weighted by molar-refractivity contribution is 6.33. The number of anilines is 1. The molecule has 0 atom stereocenters. The normalized spacial score (nSPS) is 13.8. The molecule has 1 aliphatic rings. The fourth-order valence-corrected chi connectivity index (χ4v) is 3.34. The Kier molecular flexibility index (Phi) is 7.13. The Labute approximate surface area is 174 Å². The van der Waals surface area contributed by atoms with E-state index in [-0.39, 0.29) is 6.61 Å². The van der Waals surface area contributed by atoms with Crippen LogP contribution in [0.15, 0.2) is 42.6 Å². The highest BCUT2D eigenvalue weighted by Crippen LogP contribution is 2.25. The number of hydrogen-bond acceptors (Lipinski definition) is 5. The van der Waals surface area contributed by atoms with Crippen molar-refractivity contribution < 1.29 is 19.4 Å². The summed E-state index contributed by atoms with van der Waals surface area (Å²) in [7, 11) is 0. The van der Waals surface area contributed by atoms with Gasteiger partial charge in [0.25, 0.3) is 0 Å². The first-order valence-corrected chi connectivity index (χ1v) is 9.72. The minimum absolute atomic E-state index is 0.226. The van der Waals surface area contributed by atoms with E-state index in [4.69, 9.17) is 21.4 Å². The number of carboxylic acid groups (broad SMARTS) is 1. The van der Waals surface area contributed by atoms with E-state index in [1.165, 1.54) is 4.90 Å². The van der Waals surface area contributed by atoms with Crippen LogP contribution in [0.2, 0.25) is 5.02 Å². The number of piperazine rings is 1. The second-order valence-corrected chi connectivity index (χ2v) is 7.05. The number of ether oxygens (including phenoxy) is 1. The summed E-state index contributed by atoms with van der Waals surface area (Å²) in [5, 5.41) is 12.2. The summed E-state index contributed by atoms with van der Waals surface area (Å²) in [5.74, 6) is 0.649. The summed E-state index contributed by atoms with van der Waals surface area (Å²) in [6, 6.07) is 11.3. The molecule has 1 aliphatic heterocycles. The third-order valence-electron chi connectivity index (χ3n) is 4.62. The number of carbonyl (C=O) groups is 2. The van der Waals surface area contributed by atoms with Crippen molar-refractivity contribution in [1.29, 1.82) is 0 Å². The van der Waals surface area contributed by atoms with Gasteiger partial charge in [0, 0.05) is 38.9 Å². The van der Waals surface area contributed by atoms with E-state index in [0.717, 1.165) is 11.1 Å². The van der Waals surface area contributed by atoms with Gasteiger partial charge in [-0.05, 0) is 23.6 Å². The summed E-state index contributed by atoms with van der Waals surface area (Å²) in [6.45, 7) is 2.57. The van der Waals surface area contributed by atoms with Crippen molar-refractivity contribution in [3.8, 4) is 0 Å². The molecule has 3 rings (SSSR count). The molecule has 2 N–H and O–H groups in total. The SMILES string of the molecule is O=C(NCCc1cnc(N2CCN(C(=O)O)CC2)c(Cl)c1)OCc1ccccc1. The first kappa shape index (κ1) is 20.7. The number of hydrogen-bond donors (Lipinski definition) is 2. The third-order valence-corrected chi connectivity index (χ3v) is 4.90. The van der Waals surface area contributed by atoms with Crippen LogP contribution < -0.4 is 10.2 Å². The molecule has 0 radical (unpaired) electrons. The molecule has 2 aromatic rings. The molecule has 9 heteroatoms. The van der Waals surface area contributed by atoms with Crippen LogP contribution in [0.25, 0.3) is 0 Å². The summed E-state index contributed by atoms with van der Waals surface area (Å²) in [5.41, 5.74) is 1.82. The van der Waals surface area contributed by atoms with Crippen molar-refractivity contribution in [1.82, 2.24) is 15.2 Å². The highest BCUT2D eigenvalue weighted by Gasteiger charge is 2.22. The average Bonchev–Trinajstić information content (AvgIpc) is 2.73. The van der Waals surface area contributed by atoms with Crippen LogP contribution in [-0.4, -0.2) is 59.9 Å². The Morgan fingerprint density at radius 1 is 1.14 bits per heavy atom. The zero-order valence-corrected chi connectivity index (χ0v) is 16.6. The van der Waals surface area contributed by atoms with E-state index >= 15 is 0 Å². The minimum atomic E-state index is -0.908. The lowest BCUT2D eigenvalue weighted by molar-refractivity contribution is 0.139. The molecule has 1 saturated heterocycles. The quantitative estimate of drug-likeness (QED) is 0.748. The van der Waals surface area contributed by atoms with Crippen molar-refractivity contribution in [2.24, 2.45) is 0 Å². The number of pyridine rings is 1. The number of nitrogens with one attached hydrogen (secondary N) is 1. The van der Waals surface area contributed by atoms with Crippen LogP contribution in [0, 0.1) is 0 Å². The largest absolute Gasteiger partial charge is 0.465 e. The topological polar surface area (TPSA) is 95.0 Å². The van der Waals surface area contributed by atoms with Crippen LogP contribution in [0.3, 0.4) is 0 Å². The number of alkyl carbamates (subject to hydrolysis) is 1. The molecule has 0 saturated carbocycles. The van der Waals surface area contributed by atoms with Crippen LogP contribution in [0.1, 0.15) is 11.1 Å². The maximum absolute atomic E-state index is 11.8. The monoisotopic (exact) mass is 418 g/mol. The Morgan fingerprint density at radius 2 is 1.86 bits per heavy atom. The van der Waals surface area contributed by atoms with Gasteiger partial charge >= 0.3 is 12.2 Å². The predicted molar refractivity (Wildman–Crippen MR) is 109 cm³/mol. The smallest absolute Gasteiger partial charge is 0.407 e. The molecule has 0 unspecified atom stereocenters. The first-order valence-electron chi connectivity index (χ1n) is 9.34. The van der Waals surface area contributed by atoms with Crippen LogP contribution in [0.4, 0.5) is 15.4 Å². The van der Waals surface area contributed by atoms with Crippen LogP contribution in [-0.2, 0) is 17.8 Å². The van der Waals surface area contributed by atoms with Gasteiger partial charge in [0.2, 0.25) is 0 Å². The molecule has 0 bridgehead atoms. The van der Waals surface area contributed by atoms with Gasteiger partial charge in [0.05, 0.1) is 5.02 Å². The maximum Gasteiger partial charge on any atom is 0.407 e. The van der Waals surface area contributed by atoms with Crippen molar-refractivity contribution >= 4 is 29.6 Å². The number of carbonyl (C=O) groups excluding carboxylic acids is 1. The third kappa shape index (κ3) is 5.99. The maximum atomic E-state index is 11.8. The molecule has 29 heavy (non-hydrogen) atoms. The Hall–Kier alpha value is -3.00. The lowest BCUT2D eigenvalue weighted by atomic mass is 10.2. The Balaban J connectivity index is 1.43. The summed E-state index contributed by atoms with van der Waals surface area (Å²) >= 11 is 6.37. The van der Waals surface area contributed by atoms with Gasteiger partial charge in [-0.1, -0.05) is 41.9 Å². The molecular formula is C20H23ClN4O4. The van der Waals surface area contributed by atoms with E-state index in [1.54, 1.807) is 6.20 Å². The minimum Gasteiger partial charge on any atom is -0.465 e. The Morgan fingerprint density at radius 3 is 2.52 bits per heavy atom. The summed E-state index contributed by atoms with van der Waals surface area (Å²) in [6.07, 6.45) is 0.914. The molecule has 154 valence electrons. The number of rotatable bonds is 6. The van der Waals surface area contributed by atoms with Gasteiger partial charge in [0.15, 0.2) is 0 Å². The van der Waals surface area contributed by atoms with Gasteiger partial charge in [-0.2, -0.15) is 0 Å². The van der Waals surface area contributed by atoms with Gasteiger partial charge < -0.3 is 25.0 Å². The average molecular weight is 419 g/mol. The van der Waals surface area contributed by atoms with Gasteiger partial charge in [-0.25, -0.2) is 14.6 Å². The standard InChI is InChI=1S/C20H23ClN4O4/c21-17-12-16(6-7-22-19(26)29-14-15-4-2-1-3-5-15)13-23-18(17)24-8-10-25(11-9-24)20(27)28/h1-5,12-13H,6-11,14H2,(H,22,26)(H,27,28). The highest BCUT2D eigenvalue weighted by atomic mass is 35.5. The zero-order valence-electron chi connectivity index (χ0n) is 15.9. The number of amides is 2. The van der Waals surface area contributed by atoms with E-state index in [9.17, 15) is 9.59 Å². The summed E-state index contributed by atoms with van der Waals surface area (Å²) in [4.78, 5) is 30.6. The predicted octanol–water partition coefficient (Wildman–Crippen LogP) is 3.00. The second-order valence-electron chi connectivity index (χ2n) is 6.64. The van der Waals surface area contributed by atoms with Crippen molar-refractivity contribution in [3.05, 3.63) is 58.7 Å². The lowest BCUT2D eigenvalue weighted by Gasteiger charge is -2.34. The molecule has 2 amide bonds. The van der Waals surface area contributed by atoms with Crippen LogP contribution >= 0.6 is 11.6 Å². The van der Waals surface area contributed by atoms with Crippen molar-refractivity contribution in [3.63, 3.8) is 0 Å². The molecule has 0 spiro atoms. The molecule has 1 aromatic carbocycles. The number of aromatic nitrogens is 1. The van der Waals surface area contributed by atoms with Gasteiger partial charge in [-0.15, -0.1) is 0 Å². The van der Waals surface area contributed by atoms with Crippen molar-refractivity contribution in [2.75, 3.05) is 37.6 Å². The number of benzene rings is 1. The van der Waals surface area contributed by atoms with E-state index in [1.807, 2.05) is 41.3 Å². The molecule has 1 fully saturated rings. The Bertz CT molecular complexity index is 842. The summed E-state index contributed by atoms with van der Waals surface area (Å²) < 4.78 is 5.17. The van der Waals surface area contributed by atoms with E-state index in [0.29, 0.717) is 50.0 Å². The molecule has 0 aliphatic carbocycles. The zero-order chi connectivity index (χ0) is 20.6. The lowest BCUT2D eigenvalue weighted by Crippen LogP contribution is -2.48. The molecular weight excluding hydrogens is 396 g/mol. The van der Waals surface area contributed by atoms with Crippen LogP contribution in [0.5, 0.6) is 0 Å². The second kappa shape index (κ2) is 9.97. The van der Waals surface area contributed by atoms with E-state index in [2.05, 4.69) is 10.3 Å². The van der Waals surface area contributed by atoms with Crippen molar-refractivity contribution in [2.45, 2.75) is 13.0 Å². The molecule has 8 nitrogen and oxygen atoms in total. The fourth-order valence-electron chi connectivity index (χ4n) is 3.03. The van der Waals surface area contributed by atoms with E-state index < -0.39 is 12.2 Å². The van der Waals surface area contributed by atoms with Gasteiger partial charge in [0.1, 0.15) is 12.4 Å².